The topological polar surface area (TPSA) is 152 Å². The minimum Gasteiger partial charge on any atom is -0.475 e. The molecule has 11 nitrogen and oxygen atoms in total. The average molecular weight is 676 g/mol. The van der Waals surface area contributed by atoms with E-state index in [1.165, 1.54) is 32.1 Å². The third-order valence-electron chi connectivity index (χ3n) is 9.15. The molecule has 0 saturated carbocycles. The van der Waals surface area contributed by atoms with Crippen molar-refractivity contribution in [2.75, 3.05) is 50.2 Å². The number of nitrogen functional groups attached to an aromatic ring is 2. The Bertz CT molecular complexity index is 2080. The summed E-state index contributed by atoms with van der Waals surface area (Å²) in [6.07, 6.45) is 4.97. The molecule has 0 bridgehead atoms. The molecule has 48 heavy (non-hydrogen) atoms. The molecule has 1 aromatic carbocycles. The van der Waals surface area contributed by atoms with Crippen LogP contribution in [0.15, 0.2) is 30.5 Å². The van der Waals surface area contributed by atoms with Crippen LogP contribution in [0.5, 0.6) is 11.9 Å². The first-order chi connectivity index (χ1) is 23.2. The van der Waals surface area contributed by atoms with Gasteiger partial charge in [0.1, 0.15) is 57.9 Å². The molecule has 248 valence electrons. The lowest BCUT2D eigenvalue weighted by atomic mass is 10.0. The average Bonchev–Trinajstić information content (AvgIpc) is 3.74. The van der Waals surface area contributed by atoms with Gasteiger partial charge in [0.25, 0.3) is 0 Å². The number of thiophene rings is 1. The molecule has 3 unspecified atom stereocenters. The number of likely N-dealkylation sites (N-methyl/N-ethyl adjacent to an activating group) is 1. The monoisotopic (exact) mass is 675 g/mol. The van der Waals surface area contributed by atoms with Gasteiger partial charge in [0.2, 0.25) is 5.88 Å². The number of aromatic nitrogens is 4. The zero-order valence-corrected chi connectivity index (χ0v) is 27.0. The number of nitrogens with two attached hydrogens (primary N) is 2. The van der Waals surface area contributed by atoms with Gasteiger partial charge < -0.3 is 25.8 Å². The Kier molecular flexibility index (Phi) is 8.30. The van der Waals surface area contributed by atoms with Gasteiger partial charge in [-0.05, 0) is 62.1 Å². The van der Waals surface area contributed by atoms with Crippen molar-refractivity contribution in [1.29, 1.82) is 5.26 Å². The molecular weight excluding hydrogens is 643 g/mol. The summed E-state index contributed by atoms with van der Waals surface area (Å²) in [7, 11) is 3.20. The van der Waals surface area contributed by atoms with Gasteiger partial charge in [0.15, 0.2) is 5.82 Å². The molecule has 3 atom stereocenters. The van der Waals surface area contributed by atoms with Crippen molar-refractivity contribution in [3.8, 4) is 29.2 Å². The lowest BCUT2D eigenvalue weighted by Crippen LogP contribution is -2.38. The van der Waals surface area contributed by atoms with Crippen molar-refractivity contribution in [2.45, 2.75) is 43.9 Å². The van der Waals surface area contributed by atoms with Crippen molar-refractivity contribution in [2.24, 2.45) is 0 Å². The molecule has 0 amide bonds. The zero-order valence-electron chi connectivity index (χ0n) is 26.2. The molecule has 4 N–H and O–H groups in total. The first-order valence-corrected chi connectivity index (χ1v) is 16.3. The highest BCUT2D eigenvalue weighted by atomic mass is 32.1. The van der Waals surface area contributed by atoms with E-state index >= 15 is 4.39 Å². The third-order valence-corrected chi connectivity index (χ3v) is 10.2. The molecule has 2 fully saturated rings. The van der Waals surface area contributed by atoms with Gasteiger partial charge in [-0.2, -0.15) is 15.2 Å². The van der Waals surface area contributed by atoms with Gasteiger partial charge in [0, 0.05) is 36.8 Å². The van der Waals surface area contributed by atoms with Gasteiger partial charge >= 0.3 is 6.01 Å². The van der Waals surface area contributed by atoms with E-state index in [9.17, 15) is 14.0 Å². The number of halogens is 3. The fraction of sp³-hybridized carbons (Fsp3) is 0.364. The number of ether oxygens (including phenoxy) is 2. The predicted octanol–water partition coefficient (Wildman–Crippen LogP) is 5.26. The van der Waals surface area contributed by atoms with Crippen molar-refractivity contribution in [3.63, 3.8) is 0 Å². The van der Waals surface area contributed by atoms with Crippen LogP contribution in [0.3, 0.4) is 0 Å². The van der Waals surface area contributed by atoms with Crippen molar-refractivity contribution >= 4 is 49.0 Å². The number of pyridine rings is 2. The maximum absolute atomic E-state index is 16.3. The molecule has 5 aromatic rings. The number of nitriles is 1. The normalized spacial score (nSPS) is 20.2. The molecular formula is C33H32F3N9O2S. The number of benzene rings is 1. The number of hydrogen-bond donors (Lipinski definition) is 2. The Balaban J connectivity index is 0.000000347. The number of methoxy groups -OCH3 is 1. The zero-order chi connectivity index (χ0) is 33.7. The first-order valence-electron chi connectivity index (χ1n) is 15.5. The van der Waals surface area contributed by atoms with E-state index in [0.717, 1.165) is 29.9 Å². The molecule has 0 aliphatic carbocycles. The Labute approximate surface area is 277 Å². The second-order valence-electron chi connectivity index (χ2n) is 12.1. The smallest absolute Gasteiger partial charge is 0.318 e. The van der Waals surface area contributed by atoms with Crippen molar-refractivity contribution in [3.05, 3.63) is 53.2 Å². The minimum absolute atomic E-state index is 0.0509. The van der Waals surface area contributed by atoms with Crippen LogP contribution in [-0.4, -0.2) is 76.9 Å². The molecule has 0 spiro atoms. The molecule has 0 radical (unpaired) electrons. The predicted molar refractivity (Wildman–Crippen MR) is 178 cm³/mol. The maximum Gasteiger partial charge on any atom is 0.318 e. The molecule has 3 aliphatic heterocycles. The summed E-state index contributed by atoms with van der Waals surface area (Å²) >= 11 is 0.917. The fourth-order valence-electron chi connectivity index (χ4n) is 6.81. The summed E-state index contributed by atoms with van der Waals surface area (Å²) in [6, 6.07) is 8.50. The van der Waals surface area contributed by atoms with Gasteiger partial charge in [-0.15, -0.1) is 11.3 Å². The summed E-state index contributed by atoms with van der Waals surface area (Å²) in [5.41, 5.74) is 12.8. The van der Waals surface area contributed by atoms with Gasteiger partial charge in [-0.25, -0.2) is 23.1 Å². The highest BCUT2D eigenvalue weighted by Crippen LogP contribution is 2.44. The Morgan fingerprint density at radius 3 is 2.75 bits per heavy atom. The minimum atomic E-state index is -0.797. The number of rotatable bonds is 4. The number of nitrogens with zero attached hydrogens (tertiary/aromatic N) is 7. The molecule has 3 aliphatic rings. The maximum atomic E-state index is 16.3. The standard InChI is InChI=1S/C26H20F2N8O2S.C7H12FN/c1-36-12(7-11-5-6-32-16(30)8-11)10-38-25-18-21(34-26(37-2)35-24(18)36)19(28)20(33-25)13-3-4-15(27)22-17(13)14(9-29)23(31)39-22;8-6-4-7-2-1-3-9(7)5-6/h3-6,8,12H,7,10,31H2,1-2H3,(H2,30,32);6-7H,1-5H2. The van der Waals surface area contributed by atoms with Crippen LogP contribution in [0.4, 0.5) is 29.8 Å². The highest BCUT2D eigenvalue weighted by Gasteiger charge is 2.35. The quantitative estimate of drug-likeness (QED) is 0.257. The SMILES string of the molecule is COc1nc2c3c(nc(-c4ccc(F)c5sc(N)c(C#N)c45)c(F)c3n1)OCC(Cc1ccnc(N)c1)N2C.FC1CC2CCCN2C1. The largest absolute Gasteiger partial charge is 0.475 e. The second kappa shape index (κ2) is 12.6. The van der Waals surface area contributed by atoms with E-state index in [1.807, 2.05) is 24.1 Å². The van der Waals surface area contributed by atoms with Gasteiger partial charge in [-0.1, -0.05) is 0 Å². The van der Waals surface area contributed by atoms with Crippen molar-refractivity contribution in [1.82, 2.24) is 24.8 Å². The number of alkyl halides is 1. The van der Waals surface area contributed by atoms with Crippen LogP contribution >= 0.6 is 11.3 Å². The summed E-state index contributed by atoms with van der Waals surface area (Å²) < 4.78 is 55.2. The van der Waals surface area contributed by atoms with E-state index in [4.69, 9.17) is 20.9 Å². The summed E-state index contributed by atoms with van der Waals surface area (Å²) in [6.45, 7) is 2.04. The van der Waals surface area contributed by atoms with E-state index in [-0.39, 0.29) is 67.4 Å². The molecule has 2 saturated heterocycles. The van der Waals surface area contributed by atoms with Crippen LogP contribution in [0.2, 0.25) is 0 Å². The highest BCUT2D eigenvalue weighted by molar-refractivity contribution is 7.23. The summed E-state index contributed by atoms with van der Waals surface area (Å²) in [4.78, 5) is 21.5. The number of anilines is 3. The summed E-state index contributed by atoms with van der Waals surface area (Å²) in [5, 5.41) is 10.3. The van der Waals surface area contributed by atoms with E-state index in [0.29, 0.717) is 30.6 Å². The van der Waals surface area contributed by atoms with E-state index in [1.54, 1.807) is 12.3 Å². The number of fused-ring (bicyclic) bond motifs is 2. The lowest BCUT2D eigenvalue weighted by molar-refractivity contribution is 0.281. The molecule has 8 rings (SSSR count). The first kappa shape index (κ1) is 31.6. The van der Waals surface area contributed by atoms with Crippen LogP contribution in [0, 0.1) is 23.0 Å². The number of hydrogen-bond acceptors (Lipinski definition) is 12. The van der Waals surface area contributed by atoms with E-state index in [2.05, 4.69) is 24.8 Å². The van der Waals surface area contributed by atoms with Gasteiger partial charge in [-0.3, -0.25) is 4.90 Å². The Morgan fingerprint density at radius 1 is 1.17 bits per heavy atom. The van der Waals surface area contributed by atoms with Crippen LogP contribution in [0.25, 0.3) is 32.2 Å². The van der Waals surface area contributed by atoms with Crippen LogP contribution in [0.1, 0.15) is 30.4 Å². The Hall–Kier alpha value is -4.94. The fourth-order valence-corrected chi connectivity index (χ4v) is 7.76. The molecule has 4 aromatic heterocycles. The lowest BCUT2D eigenvalue weighted by Gasteiger charge is -2.27. The van der Waals surface area contributed by atoms with Crippen LogP contribution in [-0.2, 0) is 6.42 Å². The summed E-state index contributed by atoms with van der Waals surface area (Å²) in [5.74, 6) is -0.508. The molecule has 7 heterocycles. The third kappa shape index (κ3) is 5.54. The molecule has 15 heteroatoms. The Morgan fingerprint density at radius 2 is 2.00 bits per heavy atom. The van der Waals surface area contributed by atoms with E-state index < -0.39 is 17.8 Å². The second-order valence-corrected chi connectivity index (χ2v) is 13.1. The van der Waals surface area contributed by atoms with Gasteiger partial charge in [0.05, 0.1) is 23.4 Å². The van der Waals surface area contributed by atoms with Crippen molar-refractivity contribution < 1.29 is 22.6 Å². The van der Waals surface area contributed by atoms with Crippen LogP contribution < -0.4 is 25.8 Å².